The summed E-state index contributed by atoms with van der Waals surface area (Å²) in [6.07, 6.45) is 5.49. The summed E-state index contributed by atoms with van der Waals surface area (Å²) < 4.78 is 1.77. The van der Waals surface area contributed by atoms with Gasteiger partial charge in [0.1, 0.15) is 4.83 Å². The Bertz CT molecular complexity index is 745. The van der Waals surface area contributed by atoms with Gasteiger partial charge in [0, 0.05) is 16.7 Å². The third-order valence-electron chi connectivity index (χ3n) is 2.61. The molecule has 23 heavy (non-hydrogen) atoms. The minimum atomic E-state index is -0.202. The number of allylic oxidation sites excluding steroid dienone is 4. The van der Waals surface area contributed by atoms with Crippen LogP contribution in [0.15, 0.2) is 41.1 Å². The van der Waals surface area contributed by atoms with Gasteiger partial charge in [-0.15, -0.1) is 11.3 Å². The van der Waals surface area contributed by atoms with E-state index in [2.05, 4.69) is 38.1 Å². The van der Waals surface area contributed by atoms with Crippen molar-refractivity contribution in [2.24, 2.45) is 0 Å². The molecule has 2 rings (SSSR count). The standard InChI is InChI=1S/C15H16BrN3O2S2/c1-3-4-10(16)7-9(2)18-13(21)11-8-12-14(22-11)19-15(23-12)17-5-6-20/h3-4,7-8,20H,2,5-6H2,1H3,(H,17,19)(H,18,21)/b4-3-,10-7+. The topological polar surface area (TPSA) is 74.2 Å². The number of halogens is 1. The van der Waals surface area contributed by atoms with Crippen LogP contribution in [0.2, 0.25) is 0 Å². The van der Waals surface area contributed by atoms with E-state index in [-0.39, 0.29) is 12.5 Å². The molecule has 0 saturated heterocycles. The van der Waals surface area contributed by atoms with Crippen LogP contribution in [0.3, 0.4) is 0 Å². The van der Waals surface area contributed by atoms with Crippen LogP contribution in [0.4, 0.5) is 5.13 Å². The van der Waals surface area contributed by atoms with Crippen LogP contribution in [-0.4, -0.2) is 29.1 Å². The fraction of sp³-hybridized carbons (Fsp3) is 0.200. The van der Waals surface area contributed by atoms with E-state index >= 15 is 0 Å². The highest BCUT2D eigenvalue weighted by Gasteiger charge is 2.14. The number of aliphatic hydroxyl groups excluding tert-OH is 1. The fourth-order valence-electron chi connectivity index (χ4n) is 1.70. The van der Waals surface area contributed by atoms with Crippen LogP contribution >= 0.6 is 38.6 Å². The van der Waals surface area contributed by atoms with E-state index in [0.717, 1.165) is 19.1 Å². The molecule has 122 valence electrons. The Morgan fingerprint density at radius 1 is 1.52 bits per heavy atom. The van der Waals surface area contributed by atoms with E-state index in [1.165, 1.54) is 22.7 Å². The van der Waals surface area contributed by atoms with Crippen molar-refractivity contribution in [2.75, 3.05) is 18.5 Å². The van der Waals surface area contributed by atoms with Crippen molar-refractivity contribution in [2.45, 2.75) is 6.92 Å². The summed E-state index contributed by atoms with van der Waals surface area (Å²) in [6, 6.07) is 1.81. The van der Waals surface area contributed by atoms with Gasteiger partial charge >= 0.3 is 0 Å². The van der Waals surface area contributed by atoms with E-state index in [4.69, 9.17) is 5.11 Å². The van der Waals surface area contributed by atoms with Gasteiger partial charge in [0.15, 0.2) is 5.13 Å². The molecule has 0 fully saturated rings. The maximum Gasteiger partial charge on any atom is 0.265 e. The molecule has 2 aromatic heterocycles. The fourth-order valence-corrected chi connectivity index (χ4v) is 4.28. The number of thiazole rings is 1. The van der Waals surface area contributed by atoms with Crippen molar-refractivity contribution in [1.82, 2.24) is 10.3 Å². The first-order valence-corrected chi connectivity index (χ1v) is 9.21. The van der Waals surface area contributed by atoms with Crippen LogP contribution in [0, 0.1) is 0 Å². The molecule has 0 aliphatic carbocycles. The first kappa shape index (κ1) is 17.9. The van der Waals surface area contributed by atoms with Gasteiger partial charge in [-0.05, 0) is 19.1 Å². The lowest BCUT2D eigenvalue weighted by Crippen LogP contribution is -2.20. The number of hydrogen-bond acceptors (Lipinski definition) is 6. The number of anilines is 1. The van der Waals surface area contributed by atoms with E-state index in [9.17, 15) is 4.79 Å². The maximum atomic E-state index is 12.2. The molecule has 0 aliphatic rings. The molecule has 0 aromatic carbocycles. The van der Waals surface area contributed by atoms with Gasteiger partial charge in [-0.25, -0.2) is 4.98 Å². The number of hydrogen-bond donors (Lipinski definition) is 3. The number of carbonyl (C=O) groups is 1. The zero-order valence-electron chi connectivity index (χ0n) is 12.4. The van der Waals surface area contributed by atoms with Crippen molar-refractivity contribution in [1.29, 1.82) is 0 Å². The Balaban J connectivity index is 2.05. The SMILES string of the molecule is C=C(/C=C(Br)\C=C/C)NC(=O)c1cc2sc(NCCO)nc2s1. The Labute approximate surface area is 150 Å². The molecule has 0 spiro atoms. The Morgan fingerprint density at radius 3 is 2.96 bits per heavy atom. The maximum absolute atomic E-state index is 12.2. The minimum Gasteiger partial charge on any atom is -0.395 e. The number of nitrogens with zero attached hydrogens (tertiary/aromatic N) is 1. The van der Waals surface area contributed by atoms with E-state index in [1.807, 2.05) is 25.1 Å². The average molecular weight is 414 g/mol. The van der Waals surface area contributed by atoms with Crippen molar-refractivity contribution in [3.63, 3.8) is 0 Å². The summed E-state index contributed by atoms with van der Waals surface area (Å²) in [5, 5.41) is 15.3. The number of thiophene rings is 1. The predicted molar refractivity (Wildman–Crippen MR) is 102 cm³/mol. The number of aromatic nitrogens is 1. The first-order chi connectivity index (χ1) is 11.0. The highest BCUT2D eigenvalue weighted by atomic mass is 79.9. The molecule has 8 heteroatoms. The van der Waals surface area contributed by atoms with E-state index in [1.54, 1.807) is 6.08 Å². The number of amides is 1. The van der Waals surface area contributed by atoms with Crippen LogP contribution < -0.4 is 10.6 Å². The van der Waals surface area contributed by atoms with Gasteiger partial charge in [0.2, 0.25) is 0 Å². The van der Waals surface area contributed by atoms with Gasteiger partial charge in [-0.2, -0.15) is 0 Å². The van der Waals surface area contributed by atoms with Crippen molar-refractivity contribution in [3.8, 4) is 0 Å². The molecule has 2 aromatic rings. The van der Waals surface area contributed by atoms with Crippen LogP contribution in [-0.2, 0) is 0 Å². The summed E-state index contributed by atoms with van der Waals surface area (Å²) >= 11 is 6.15. The molecule has 2 heterocycles. The second kappa shape index (κ2) is 8.39. The summed E-state index contributed by atoms with van der Waals surface area (Å²) in [5.41, 5.74) is 0.509. The quantitative estimate of drug-likeness (QED) is 0.602. The second-order valence-corrected chi connectivity index (χ2v) is 7.44. The van der Waals surface area contributed by atoms with Gasteiger partial charge < -0.3 is 15.7 Å². The summed E-state index contributed by atoms with van der Waals surface area (Å²) in [7, 11) is 0. The lowest BCUT2D eigenvalue weighted by molar-refractivity contribution is 0.0971. The highest BCUT2D eigenvalue weighted by Crippen LogP contribution is 2.32. The molecule has 0 saturated carbocycles. The summed E-state index contributed by atoms with van der Waals surface area (Å²) in [6.45, 7) is 6.24. The Morgan fingerprint density at radius 2 is 2.30 bits per heavy atom. The lowest BCUT2D eigenvalue weighted by atomic mass is 10.3. The van der Waals surface area contributed by atoms with Gasteiger partial charge in [0.25, 0.3) is 5.91 Å². The number of nitrogens with one attached hydrogen (secondary N) is 2. The number of fused-ring (bicyclic) bond motifs is 1. The molecule has 0 radical (unpaired) electrons. The third-order valence-corrected chi connectivity index (χ3v) is 5.22. The predicted octanol–water partition coefficient (Wildman–Crippen LogP) is 3.86. The van der Waals surface area contributed by atoms with Gasteiger partial charge in [-0.3, -0.25) is 4.79 Å². The minimum absolute atomic E-state index is 0.0549. The third kappa shape index (κ3) is 5.00. The van der Waals surface area contributed by atoms with Crippen molar-refractivity contribution >= 4 is 59.2 Å². The van der Waals surface area contributed by atoms with Crippen LogP contribution in [0.5, 0.6) is 0 Å². The summed E-state index contributed by atoms with van der Waals surface area (Å²) in [5.74, 6) is -0.202. The van der Waals surface area contributed by atoms with E-state index in [0.29, 0.717) is 17.1 Å². The molecule has 0 atom stereocenters. The zero-order valence-corrected chi connectivity index (χ0v) is 15.6. The Kier molecular flexibility index (Phi) is 6.52. The van der Waals surface area contributed by atoms with Crippen molar-refractivity contribution < 1.29 is 9.90 Å². The first-order valence-electron chi connectivity index (χ1n) is 6.78. The number of rotatable bonds is 7. The molecule has 1 amide bonds. The Hall–Kier alpha value is -1.48. The van der Waals surface area contributed by atoms with Crippen molar-refractivity contribution in [3.05, 3.63) is 45.9 Å². The lowest BCUT2D eigenvalue weighted by Gasteiger charge is -2.02. The molecular weight excluding hydrogens is 398 g/mol. The van der Waals surface area contributed by atoms with Crippen LogP contribution in [0.25, 0.3) is 9.53 Å². The molecule has 0 aliphatic heterocycles. The molecule has 0 bridgehead atoms. The summed E-state index contributed by atoms with van der Waals surface area (Å²) in [4.78, 5) is 18.0. The molecule has 3 N–H and O–H groups in total. The monoisotopic (exact) mass is 413 g/mol. The zero-order chi connectivity index (χ0) is 16.8. The van der Waals surface area contributed by atoms with Crippen LogP contribution in [0.1, 0.15) is 16.6 Å². The van der Waals surface area contributed by atoms with E-state index < -0.39 is 0 Å². The normalized spacial score (nSPS) is 12.0. The molecule has 5 nitrogen and oxygen atoms in total. The molecular formula is C15H16BrN3O2S2. The highest BCUT2D eigenvalue weighted by molar-refractivity contribution is 9.11. The second-order valence-electron chi connectivity index (χ2n) is 4.46. The van der Waals surface area contributed by atoms with Gasteiger partial charge in [0.05, 0.1) is 16.2 Å². The average Bonchev–Trinajstić information content (AvgIpc) is 3.03. The molecule has 0 unspecified atom stereocenters. The largest absolute Gasteiger partial charge is 0.395 e. The number of carbonyl (C=O) groups excluding carboxylic acids is 1. The number of aliphatic hydroxyl groups is 1. The smallest absolute Gasteiger partial charge is 0.265 e. The van der Waals surface area contributed by atoms with Gasteiger partial charge in [-0.1, -0.05) is 46.0 Å².